The lowest BCUT2D eigenvalue weighted by molar-refractivity contribution is -0.118. The molecule has 0 bridgehead atoms. The number of ether oxygens (including phenoxy) is 1. The normalized spacial score (nSPS) is 13.3. The summed E-state index contributed by atoms with van der Waals surface area (Å²) in [6.45, 7) is 1.01. The summed E-state index contributed by atoms with van der Waals surface area (Å²) in [6.07, 6.45) is 2.22. The van der Waals surface area contributed by atoms with Crippen molar-refractivity contribution in [3.63, 3.8) is 0 Å². The number of hydrogen-bond donors (Lipinski definition) is 1. The second kappa shape index (κ2) is 8.88. The number of nitrogens with one attached hydrogen (secondary N) is 1. The Kier molecular flexibility index (Phi) is 5.86. The Labute approximate surface area is 167 Å². The van der Waals surface area contributed by atoms with Crippen LogP contribution in [-0.2, 0) is 17.9 Å². The third-order valence-corrected chi connectivity index (χ3v) is 5.28. The molecular weight excluding hydrogens is 374 g/mol. The van der Waals surface area contributed by atoms with Gasteiger partial charge in [0, 0.05) is 6.54 Å². The predicted molar refractivity (Wildman–Crippen MR) is 106 cm³/mol. The van der Waals surface area contributed by atoms with Gasteiger partial charge in [-0.2, -0.15) is 0 Å². The van der Waals surface area contributed by atoms with E-state index >= 15 is 0 Å². The van der Waals surface area contributed by atoms with E-state index < -0.39 is 0 Å². The lowest BCUT2D eigenvalue weighted by Crippen LogP contribution is -2.24. The van der Waals surface area contributed by atoms with E-state index in [-0.39, 0.29) is 5.91 Å². The highest BCUT2D eigenvalue weighted by Crippen LogP contribution is 2.36. The molecule has 0 unspecified atom stereocenters. The Balaban J connectivity index is 1.20. The Hall–Kier alpha value is -2.87. The number of tetrazole rings is 1. The minimum atomic E-state index is -0.0353. The Morgan fingerprint density at radius 2 is 1.86 bits per heavy atom. The first-order chi connectivity index (χ1) is 13.8. The van der Waals surface area contributed by atoms with E-state index in [1.54, 1.807) is 0 Å². The van der Waals surface area contributed by atoms with Crippen LogP contribution in [0.1, 0.15) is 30.0 Å². The minimum Gasteiger partial charge on any atom is -0.489 e. The van der Waals surface area contributed by atoms with Gasteiger partial charge in [0.15, 0.2) is 0 Å². The maximum atomic E-state index is 12.1. The molecule has 0 radical (unpaired) electrons. The molecule has 1 saturated carbocycles. The number of carbonyl (C=O) groups is 1. The molecule has 144 valence electrons. The van der Waals surface area contributed by atoms with Crippen LogP contribution in [0, 0.1) is 0 Å². The second-order valence-corrected chi connectivity index (χ2v) is 7.56. The molecule has 1 N–H and O–H groups in total. The van der Waals surface area contributed by atoms with Gasteiger partial charge in [-0.3, -0.25) is 4.79 Å². The van der Waals surface area contributed by atoms with E-state index in [0.29, 0.717) is 30.1 Å². The molecule has 1 heterocycles. The molecule has 28 heavy (non-hydrogen) atoms. The van der Waals surface area contributed by atoms with Crippen molar-refractivity contribution in [3.8, 4) is 5.75 Å². The summed E-state index contributed by atoms with van der Waals surface area (Å²) in [5.74, 6) is 1.12. The quantitative estimate of drug-likeness (QED) is 0.561. The average molecular weight is 395 g/mol. The van der Waals surface area contributed by atoms with E-state index in [0.717, 1.165) is 29.7 Å². The highest BCUT2D eigenvalue weighted by molar-refractivity contribution is 7.99. The van der Waals surface area contributed by atoms with Gasteiger partial charge in [-0.05, 0) is 46.5 Å². The first-order valence-electron chi connectivity index (χ1n) is 9.21. The molecule has 0 saturated heterocycles. The first kappa shape index (κ1) is 18.5. The summed E-state index contributed by atoms with van der Waals surface area (Å²) >= 11 is 1.37. The fourth-order valence-electron chi connectivity index (χ4n) is 2.65. The molecule has 1 aliphatic rings. The summed E-state index contributed by atoms with van der Waals surface area (Å²) < 4.78 is 7.55. The summed E-state index contributed by atoms with van der Waals surface area (Å²) in [4.78, 5) is 12.1. The predicted octanol–water partition coefficient (Wildman–Crippen LogP) is 3.00. The van der Waals surface area contributed by atoms with Gasteiger partial charge in [-0.15, -0.1) is 5.10 Å². The lowest BCUT2D eigenvalue weighted by atomic mass is 10.1. The number of aromatic nitrogens is 4. The summed E-state index contributed by atoms with van der Waals surface area (Å²) in [5.41, 5.74) is 2.13. The monoisotopic (exact) mass is 395 g/mol. The third kappa shape index (κ3) is 5.10. The molecule has 1 amide bonds. The van der Waals surface area contributed by atoms with Crippen molar-refractivity contribution in [3.05, 3.63) is 65.7 Å². The molecule has 0 aliphatic heterocycles. The molecule has 0 atom stereocenters. The lowest BCUT2D eigenvalue weighted by Gasteiger charge is -2.08. The highest BCUT2D eigenvalue weighted by Gasteiger charge is 2.28. The van der Waals surface area contributed by atoms with Gasteiger partial charge in [0.1, 0.15) is 12.4 Å². The maximum absolute atomic E-state index is 12.1. The van der Waals surface area contributed by atoms with Gasteiger partial charge >= 0.3 is 0 Å². The number of amides is 1. The molecule has 4 rings (SSSR count). The molecule has 7 nitrogen and oxygen atoms in total. The summed E-state index contributed by atoms with van der Waals surface area (Å²) in [7, 11) is 0. The van der Waals surface area contributed by atoms with Crippen molar-refractivity contribution in [1.82, 2.24) is 25.5 Å². The van der Waals surface area contributed by atoms with Crippen LogP contribution in [0.25, 0.3) is 0 Å². The van der Waals surface area contributed by atoms with Crippen molar-refractivity contribution in [2.45, 2.75) is 37.2 Å². The molecule has 8 heteroatoms. The average Bonchev–Trinajstić information content (AvgIpc) is 3.48. The minimum absolute atomic E-state index is 0.0353. The van der Waals surface area contributed by atoms with Gasteiger partial charge in [0.25, 0.3) is 0 Å². The Morgan fingerprint density at radius 3 is 2.61 bits per heavy atom. The SMILES string of the molecule is O=C(CSc1nnnn1C1CC1)NCc1ccc(COc2ccccc2)cc1. The number of nitrogens with zero attached hydrogens (tertiary/aromatic N) is 4. The van der Waals surface area contributed by atoms with Gasteiger partial charge in [-0.1, -0.05) is 54.2 Å². The Morgan fingerprint density at radius 1 is 1.11 bits per heavy atom. The molecule has 0 spiro atoms. The molecular formula is C20H21N5O2S. The molecule has 1 aromatic heterocycles. The van der Waals surface area contributed by atoms with Crippen LogP contribution in [0.3, 0.4) is 0 Å². The number of hydrogen-bond acceptors (Lipinski definition) is 6. The number of thioether (sulfide) groups is 1. The van der Waals surface area contributed by atoms with Crippen LogP contribution in [0.4, 0.5) is 0 Å². The fraction of sp³-hybridized carbons (Fsp3) is 0.300. The zero-order valence-electron chi connectivity index (χ0n) is 15.3. The summed E-state index contributed by atoms with van der Waals surface area (Å²) in [6, 6.07) is 18.2. The largest absolute Gasteiger partial charge is 0.489 e. The molecule has 2 aromatic carbocycles. The number of rotatable bonds is 9. The van der Waals surface area contributed by atoms with E-state index in [1.165, 1.54) is 11.8 Å². The number of benzene rings is 2. The molecule has 1 aliphatic carbocycles. The van der Waals surface area contributed by atoms with Crippen molar-refractivity contribution < 1.29 is 9.53 Å². The standard InChI is InChI=1S/C20H21N5O2S/c26-19(14-28-20-22-23-24-25(20)17-10-11-17)21-12-15-6-8-16(9-7-15)13-27-18-4-2-1-3-5-18/h1-9,17H,10-14H2,(H,21,26). The van der Waals surface area contributed by atoms with Crippen LogP contribution in [0.2, 0.25) is 0 Å². The molecule has 3 aromatic rings. The van der Waals surface area contributed by atoms with Crippen molar-refractivity contribution >= 4 is 17.7 Å². The van der Waals surface area contributed by atoms with E-state index in [2.05, 4.69) is 20.8 Å². The van der Waals surface area contributed by atoms with E-state index in [9.17, 15) is 4.79 Å². The number of para-hydroxylation sites is 1. The Bertz CT molecular complexity index is 910. The van der Waals surface area contributed by atoms with Crippen LogP contribution in [-0.4, -0.2) is 31.9 Å². The van der Waals surface area contributed by atoms with Gasteiger partial charge in [0.05, 0.1) is 11.8 Å². The van der Waals surface area contributed by atoms with Gasteiger partial charge in [0.2, 0.25) is 11.1 Å². The van der Waals surface area contributed by atoms with Crippen LogP contribution in [0.15, 0.2) is 59.8 Å². The molecule has 1 fully saturated rings. The first-order valence-corrected chi connectivity index (χ1v) is 10.2. The topological polar surface area (TPSA) is 81.9 Å². The van der Waals surface area contributed by atoms with Crippen molar-refractivity contribution in [2.75, 3.05) is 5.75 Å². The zero-order valence-corrected chi connectivity index (χ0v) is 16.1. The highest BCUT2D eigenvalue weighted by atomic mass is 32.2. The maximum Gasteiger partial charge on any atom is 0.230 e. The van der Waals surface area contributed by atoms with E-state index in [1.807, 2.05) is 59.3 Å². The van der Waals surface area contributed by atoms with E-state index in [4.69, 9.17) is 4.74 Å². The zero-order chi connectivity index (χ0) is 19.2. The smallest absolute Gasteiger partial charge is 0.230 e. The van der Waals surface area contributed by atoms with Gasteiger partial charge < -0.3 is 10.1 Å². The van der Waals surface area contributed by atoms with Crippen molar-refractivity contribution in [2.24, 2.45) is 0 Å². The summed E-state index contributed by atoms with van der Waals surface area (Å²) in [5, 5.41) is 15.3. The van der Waals surface area contributed by atoms with Gasteiger partial charge in [-0.25, -0.2) is 4.68 Å². The van der Waals surface area contributed by atoms with Crippen LogP contribution in [0.5, 0.6) is 5.75 Å². The third-order valence-electron chi connectivity index (χ3n) is 4.35. The fourth-order valence-corrected chi connectivity index (χ4v) is 3.42. The van der Waals surface area contributed by atoms with Crippen LogP contribution < -0.4 is 10.1 Å². The van der Waals surface area contributed by atoms with Crippen molar-refractivity contribution in [1.29, 1.82) is 0 Å². The van der Waals surface area contributed by atoms with Crippen LogP contribution >= 0.6 is 11.8 Å². The number of carbonyl (C=O) groups excluding carboxylic acids is 1. The second-order valence-electron chi connectivity index (χ2n) is 6.62.